The number of carbonyl (C=O) groups is 1. The van der Waals surface area contributed by atoms with Crippen LogP contribution in [-0.4, -0.2) is 73.4 Å². The summed E-state index contributed by atoms with van der Waals surface area (Å²) in [6, 6.07) is 9.31. The van der Waals surface area contributed by atoms with Gasteiger partial charge in [-0.25, -0.2) is 0 Å². The van der Waals surface area contributed by atoms with E-state index in [-0.39, 0.29) is 12.5 Å². The largest absolute Gasteiger partial charge is 0.451 e. The second-order valence-electron chi connectivity index (χ2n) is 5.62. The Hall–Kier alpha value is -1.89. The number of aliphatic hydroxyl groups excluding tert-OH is 1. The highest BCUT2D eigenvalue weighted by Gasteiger charge is 2.20. The van der Waals surface area contributed by atoms with Gasteiger partial charge >= 0.3 is 0 Å². The van der Waals surface area contributed by atoms with Crippen molar-refractivity contribution in [1.82, 2.24) is 9.80 Å². The molecular weight excluding hydrogens is 296 g/mol. The van der Waals surface area contributed by atoms with Crippen molar-refractivity contribution in [3.63, 3.8) is 0 Å². The van der Waals surface area contributed by atoms with Crippen LogP contribution < -0.4 is 0 Å². The molecule has 1 saturated heterocycles. The van der Waals surface area contributed by atoms with Gasteiger partial charge in [-0.2, -0.15) is 0 Å². The fourth-order valence-electron chi connectivity index (χ4n) is 2.77. The molecule has 1 aliphatic heterocycles. The van der Waals surface area contributed by atoms with Gasteiger partial charge in [0.1, 0.15) is 5.58 Å². The zero-order valence-corrected chi connectivity index (χ0v) is 13.1. The molecule has 6 heteroatoms. The van der Waals surface area contributed by atoms with Crippen molar-refractivity contribution in [3.05, 3.63) is 36.1 Å². The van der Waals surface area contributed by atoms with Gasteiger partial charge in [-0.1, -0.05) is 18.2 Å². The van der Waals surface area contributed by atoms with Crippen LogP contribution in [0.4, 0.5) is 0 Å². The zero-order chi connectivity index (χ0) is 16.1. The smallest absolute Gasteiger partial charge is 0.289 e. The minimum absolute atomic E-state index is 0.0604. The van der Waals surface area contributed by atoms with Gasteiger partial charge in [-0.3, -0.25) is 9.69 Å². The van der Waals surface area contributed by atoms with E-state index < -0.39 is 0 Å². The van der Waals surface area contributed by atoms with E-state index in [4.69, 9.17) is 9.15 Å². The molecule has 1 aromatic heterocycles. The van der Waals surface area contributed by atoms with Gasteiger partial charge < -0.3 is 19.2 Å². The number of morpholine rings is 1. The quantitative estimate of drug-likeness (QED) is 0.867. The van der Waals surface area contributed by atoms with Crippen molar-refractivity contribution < 1.29 is 19.1 Å². The maximum atomic E-state index is 12.7. The second-order valence-corrected chi connectivity index (χ2v) is 5.62. The van der Waals surface area contributed by atoms with E-state index in [1.807, 2.05) is 24.3 Å². The number of aliphatic hydroxyl groups is 1. The van der Waals surface area contributed by atoms with Crippen LogP contribution in [0.3, 0.4) is 0 Å². The molecule has 2 heterocycles. The third kappa shape index (κ3) is 3.90. The molecule has 3 rings (SSSR count). The molecular formula is C17H22N2O4. The van der Waals surface area contributed by atoms with E-state index >= 15 is 0 Å². The fourth-order valence-corrected chi connectivity index (χ4v) is 2.77. The lowest BCUT2D eigenvalue weighted by Gasteiger charge is -2.29. The van der Waals surface area contributed by atoms with Crippen molar-refractivity contribution in [2.24, 2.45) is 0 Å². The molecule has 0 atom stereocenters. The first-order valence-electron chi connectivity index (χ1n) is 7.97. The fraction of sp³-hybridized carbons (Fsp3) is 0.471. The molecule has 0 aliphatic carbocycles. The molecule has 1 amide bonds. The molecule has 1 N–H and O–H groups in total. The maximum Gasteiger partial charge on any atom is 0.289 e. The van der Waals surface area contributed by atoms with E-state index in [0.29, 0.717) is 24.4 Å². The number of hydrogen-bond donors (Lipinski definition) is 1. The number of nitrogens with zero attached hydrogens (tertiary/aromatic N) is 2. The van der Waals surface area contributed by atoms with Gasteiger partial charge in [0.05, 0.1) is 19.8 Å². The lowest BCUT2D eigenvalue weighted by molar-refractivity contribution is 0.0311. The number of ether oxygens (including phenoxy) is 1. The number of hydrogen-bond acceptors (Lipinski definition) is 5. The van der Waals surface area contributed by atoms with Crippen molar-refractivity contribution >= 4 is 16.9 Å². The lowest BCUT2D eigenvalue weighted by atomic mass is 10.2. The van der Waals surface area contributed by atoms with Crippen molar-refractivity contribution in [1.29, 1.82) is 0 Å². The first-order chi connectivity index (χ1) is 11.3. The molecule has 23 heavy (non-hydrogen) atoms. The SMILES string of the molecule is O=C(c1cc2ccccc2o1)N(CCO)CCN1CCOCC1. The number of carbonyl (C=O) groups excluding carboxylic acids is 1. The van der Waals surface area contributed by atoms with Crippen LogP contribution in [0.5, 0.6) is 0 Å². The highest BCUT2D eigenvalue weighted by atomic mass is 16.5. The number of benzene rings is 1. The Balaban J connectivity index is 1.67. The molecule has 1 fully saturated rings. The lowest BCUT2D eigenvalue weighted by Crippen LogP contribution is -2.43. The van der Waals surface area contributed by atoms with E-state index in [9.17, 15) is 9.90 Å². The topological polar surface area (TPSA) is 66.2 Å². The first kappa shape index (κ1) is 16.0. The van der Waals surface area contributed by atoms with Gasteiger partial charge in [0.2, 0.25) is 0 Å². The molecule has 1 aliphatic rings. The van der Waals surface area contributed by atoms with Gasteiger partial charge in [-0.15, -0.1) is 0 Å². The minimum Gasteiger partial charge on any atom is -0.451 e. The average molecular weight is 318 g/mol. The Bertz CT molecular complexity index is 616. The zero-order valence-electron chi connectivity index (χ0n) is 13.1. The molecule has 0 saturated carbocycles. The van der Waals surface area contributed by atoms with Crippen molar-refractivity contribution in [3.8, 4) is 0 Å². The van der Waals surface area contributed by atoms with E-state index in [2.05, 4.69) is 4.90 Å². The molecule has 1 aromatic carbocycles. The minimum atomic E-state index is -0.177. The van der Waals surface area contributed by atoms with Gasteiger partial charge in [-0.05, 0) is 12.1 Å². The third-order valence-electron chi connectivity index (χ3n) is 4.08. The Morgan fingerprint density at radius 3 is 2.74 bits per heavy atom. The predicted molar refractivity (Wildman–Crippen MR) is 86.5 cm³/mol. The number of furan rings is 1. The van der Waals surface area contributed by atoms with Gasteiger partial charge in [0.15, 0.2) is 5.76 Å². The molecule has 0 bridgehead atoms. The van der Waals surface area contributed by atoms with Crippen molar-refractivity contribution in [2.45, 2.75) is 0 Å². The summed E-state index contributed by atoms with van der Waals surface area (Å²) in [5, 5.41) is 10.2. The molecule has 0 radical (unpaired) electrons. The van der Waals surface area contributed by atoms with Crippen LogP contribution in [0.25, 0.3) is 11.0 Å². The van der Waals surface area contributed by atoms with Gasteiger partial charge in [0.25, 0.3) is 5.91 Å². The van der Waals surface area contributed by atoms with E-state index in [1.54, 1.807) is 11.0 Å². The summed E-state index contributed by atoms with van der Waals surface area (Å²) >= 11 is 0. The van der Waals surface area contributed by atoms with E-state index in [1.165, 1.54) is 0 Å². The molecule has 6 nitrogen and oxygen atoms in total. The Morgan fingerprint density at radius 2 is 2.00 bits per heavy atom. The number of para-hydroxylation sites is 1. The Kier molecular flexibility index (Phi) is 5.27. The summed E-state index contributed by atoms with van der Waals surface area (Å²) in [7, 11) is 0. The summed E-state index contributed by atoms with van der Waals surface area (Å²) in [5.41, 5.74) is 0.702. The third-order valence-corrected chi connectivity index (χ3v) is 4.08. The van der Waals surface area contributed by atoms with Crippen LogP contribution in [0, 0.1) is 0 Å². The highest BCUT2D eigenvalue weighted by molar-refractivity contribution is 5.96. The number of fused-ring (bicyclic) bond motifs is 1. The van der Waals surface area contributed by atoms with Gasteiger partial charge in [0, 0.05) is 38.1 Å². The van der Waals surface area contributed by atoms with E-state index in [0.717, 1.165) is 38.2 Å². The van der Waals surface area contributed by atoms with Crippen LogP contribution >= 0.6 is 0 Å². The standard InChI is InChI=1S/C17H22N2O4/c20-10-7-19(6-5-18-8-11-22-12-9-18)17(21)16-13-14-3-1-2-4-15(14)23-16/h1-4,13,20H,5-12H2. The average Bonchev–Trinajstić information content (AvgIpc) is 3.03. The summed E-state index contributed by atoms with van der Waals surface area (Å²) in [5.74, 6) is 0.144. The first-order valence-corrected chi connectivity index (χ1v) is 7.97. The van der Waals surface area contributed by atoms with Crippen LogP contribution in [0.15, 0.2) is 34.7 Å². The summed E-state index contributed by atoms with van der Waals surface area (Å²) in [6.07, 6.45) is 0. The molecule has 0 spiro atoms. The molecule has 0 unspecified atom stereocenters. The Labute approximate surface area is 135 Å². The van der Waals surface area contributed by atoms with Crippen LogP contribution in [-0.2, 0) is 4.74 Å². The molecule has 2 aromatic rings. The van der Waals surface area contributed by atoms with Crippen LogP contribution in [0.2, 0.25) is 0 Å². The normalized spacial score (nSPS) is 15.9. The van der Waals surface area contributed by atoms with Crippen molar-refractivity contribution in [2.75, 3.05) is 52.5 Å². The number of rotatable bonds is 6. The number of amides is 1. The second kappa shape index (κ2) is 7.59. The molecule has 124 valence electrons. The Morgan fingerprint density at radius 1 is 1.22 bits per heavy atom. The summed E-state index contributed by atoms with van der Waals surface area (Å²) in [4.78, 5) is 16.6. The summed E-state index contributed by atoms with van der Waals surface area (Å²) in [6.45, 7) is 4.81. The van der Waals surface area contributed by atoms with Crippen LogP contribution in [0.1, 0.15) is 10.6 Å². The summed E-state index contributed by atoms with van der Waals surface area (Å²) < 4.78 is 11.0. The monoisotopic (exact) mass is 318 g/mol. The highest BCUT2D eigenvalue weighted by Crippen LogP contribution is 2.20. The maximum absolute atomic E-state index is 12.7. The predicted octanol–water partition coefficient (Wildman–Crippen LogP) is 1.20.